The predicted octanol–water partition coefficient (Wildman–Crippen LogP) is 1.89. The molecule has 8 nitrogen and oxygen atoms in total. The number of hydrogen-bond donors (Lipinski definition) is 1. The Balaban J connectivity index is 1.51. The number of rotatable bonds is 9. The van der Waals surface area contributed by atoms with Gasteiger partial charge in [-0.1, -0.05) is 0 Å². The third kappa shape index (κ3) is 5.95. The van der Waals surface area contributed by atoms with Crippen molar-refractivity contribution >= 4 is 5.96 Å². The van der Waals surface area contributed by atoms with Gasteiger partial charge in [-0.15, -0.1) is 0 Å². The van der Waals surface area contributed by atoms with E-state index in [0.717, 1.165) is 56.8 Å². The second kappa shape index (κ2) is 10.9. The molecule has 1 saturated heterocycles. The van der Waals surface area contributed by atoms with Crippen LogP contribution in [0.3, 0.4) is 0 Å². The van der Waals surface area contributed by atoms with Crippen LogP contribution in [0.4, 0.5) is 0 Å². The van der Waals surface area contributed by atoms with Crippen LogP contribution in [0.5, 0.6) is 17.2 Å². The van der Waals surface area contributed by atoms with E-state index >= 15 is 0 Å². The number of nitrogens with one attached hydrogen (secondary N) is 1. The van der Waals surface area contributed by atoms with Crippen molar-refractivity contribution in [1.29, 1.82) is 0 Å². The summed E-state index contributed by atoms with van der Waals surface area (Å²) in [7, 11) is 9.04. The Morgan fingerprint density at radius 3 is 2.19 bits per heavy atom. The summed E-state index contributed by atoms with van der Waals surface area (Å²) in [6, 6.07) is 5.35. The van der Waals surface area contributed by atoms with E-state index in [2.05, 4.69) is 39.0 Å². The zero-order chi connectivity index (χ0) is 22.4. The molecule has 1 saturated carbocycles. The first-order valence-corrected chi connectivity index (χ1v) is 11.2. The lowest BCUT2D eigenvalue weighted by Crippen LogP contribution is -2.53. The molecule has 0 bridgehead atoms. The molecule has 1 unspecified atom stereocenters. The van der Waals surface area contributed by atoms with Gasteiger partial charge in [0.15, 0.2) is 17.5 Å². The molecule has 0 amide bonds. The normalized spacial score (nSPS) is 18.8. The number of likely N-dealkylation sites (N-methyl/N-ethyl adjacent to an activating group) is 1. The van der Waals surface area contributed by atoms with Gasteiger partial charge in [0, 0.05) is 58.4 Å². The predicted molar refractivity (Wildman–Crippen MR) is 125 cm³/mol. The first kappa shape index (κ1) is 23.5. The first-order valence-electron chi connectivity index (χ1n) is 11.2. The molecule has 3 rings (SSSR count). The van der Waals surface area contributed by atoms with Crippen molar-refractivity contribution in [2.24, 2.45) is 4.99 Å². The summed E-state index contributed by atoms with van der Waals surface area (Å²) >= 11 is 0. The van der Waals surface area contributed by atoms with Gasteiger partial charge in [-0.05, 0) is 44.5 Å². The highest BCUT2D eigenvalue weighted by Gasteiger charge is 2.29. The summed E-state index contributed by atoms with van der Waals surface area (Å²) in [5.41, 5.74) is 1.15. The molecule has 0 radical (unpaired) electrons. The van der Waals surface area contributed by atoms with Gasteiger partial charge in [0.05, 0.1) is 21.3 Å². The molecule has 1 heterocycles. The molecule has 1 aliphatic carbocycles. The fraction of sp³-hybridized carbons (Fsp3) is 0.696. The molecule has 1 aromatic rings. The molecular formula is C23H39N5O3. The topological polar surface area (TPSA) is 61.8 Å². The molecule has 31 heavy (non-hydrogen) atoms. The Kier molecular flexibility index (Phi) is 8.26. The largest absolute Gasteiger partial charge is 0.493 e. The Labute approximate surface area is 187 Å². The molecule has 8 heteroatoms. The molecule has 174 valence electrons. The molecular weight excluding hydrogens is 394 g/mol. The van der Waals surface area contributed by atoms with Crippen molar-refractivity contribution in [3.05, 3.63) is 17.7 Å². The highest BCUT2D eigenvalue weighted by Crippen LogP contribution is 2.38. The van der Waals surface area contributed by atoms with Crippen LogP contribution in [0, 0.1) is 0 Å². The maximum atomic E-state index is 5.49. The smallest absolute Gasteiger partial charge is 0.203 e. The van der Waals surface area contributed by atoms with Gasteiger partial charge in [0.1, 0.15) is 0 Å². The van der Waals surface area contributed by atoms with Crippen LogP contribution in [0.1, 0.15) is 25.3 Å². The van der Waals surface area contributed by atoms with Gasteiger partial charge >= 0.3 is 0 Å². The van der Waals surface area contributed by atoms with E-state index in [9.17, 15) is 0 Å². The minimum Gasteiger partial charge on any atom is -0.493 e. The van der Waals surface area contributed by atoms with Crippen molar-refractivity contribution in [3.63, 3.8) is 0 Å². The average molecular weight is 434 g/mol. The minimum absolute atomic E-state index is 0.505. The Hall–Kier alpha value is -2.19. The van der Waals surface area contributed by atoms with Gasteiger partial charge in [0.2, 0.25) is 5.75 Å². The van der Waals surface area contributed by atoms with E-state index in [1.165, 1.54) is 12.8 Å². The van der Waals surface area contributed by atoms with Crippen LogP contribution in [0.25, 0.3) is 0 Å². The molecule has 2 fully saturated rings. The highest BCUT2D eigenvalue weighted by atomic mass is 16.5. The maximum Gasteiger partial charge on any atom is 0.203 e. The molecule has 1 N–H and O–H groups in total. The summed E-state index contributed by atoms with van der Waals surface area (Å²) in [6.45, 7) is 7.93. The van der Waals surface area contributed by atoms with Gasteiger partial charge in [0.25, 0.3) is 0 Å². The Bertz CT molecular complexity index is 720. The summed E-state index contributed by atoms with van der Waals surface area (Å²) in [5.74, 6) is 3.04. The molecule has 2 aliphatic rings. The maximum absolute atomic E-state index is 5.49. The summed E-state index contributed by atoms with van der Waals surface area (Å²) < 4.78 is 16.4. The highest BCUT2D eigenvalue weighted by molar-refractivity contribution is 5.80. The fourth-order valence-electron chi connectivity index (χ4n) is 4.16. The van der Waals surface area contributed by atoms with E-state index in [-0.39, 0.29) is 0 Å². The zero-order valence-electron chi connectivity index (χ0n) is 20.0. The van der Waals surface area contributed by atoms with Gasteiger partial charge in [-0.2, -0.15) is 0 Å². The monoisotopic (exact) mass is 433 g/mol. The van der Waals surface area contributed by atoms with Crippen LogP contribution < -0.4 is 19.5 Å². The van der Waals surface area contributed by atoms with E-state index in [0.29, 0.717) is 23.3 Å². The van der Waals surface area contributed by atoms with Crippen molar-refractivity contribution in [3.8, 4) is 17.2 Å². The number of benzene rings is 1. The third-order valence-corrected chi connectivity index (χ3v) is 6.39. The van der Waals surface area contributed by atoms with Crippen molar-refractivity contribution in [2.75, 3.05) is 68.1 Å². The second-order valence-corrected chi connectivity index (χ2v) is 8.47. The SMILES string of the molecule is CN=C(NCC(C)N(C)C1CC1)N1CCN(Cc2cc(OC)c(OC)c(OC)c2)CC1. The molecule has 1 atom stereocenters. The van der Waals surface area contributed by atoms with Crippen LogP contribution in [0.2, 0.25) is 0 Å². The lowest BCUT2D eigenvalue weighted by Gasteiger charge is -2.37. The first-order chi connectivity index (χ1) is 15.0. The summed E-state index contributed by atoms with van der Waals surface area (Å²) in [4.78, 5) is 11.8. The number of ether oxygens (including phenoxy) is 3. The summed E-state index contributed by atoms with van der Waals surface area (Å²) in [5, 5.41) is 3.58. The van der Waals surface area contributed by atoms with E-state index in [1.54, 1.807) is 21.3 Å². The van der Waals surface area contributed by atoms with E-state index in [4.69, 9.17) is 14.2 Å². The standard InChI is InChI=1S/C23H39N5O3/c1-17(26(3)19-7-8-19)15-25-23(24-2)28-11-9-27(10-12-28)16-18-13-20(29-4)22(31-6)21(14-18)30-5/h13-14,17,19H,7-12,15-16H2,1-6H3,(H,24,25). The lowest BCUT2D eigenvalue weighted by molar-refractivity contribution is 0.171. The molecule has 0 aromatic heterocycles. The zero-order valence-corrected chi connectivity index (χ0v) is 20.0. The van der Waals surface area contributed by atoms with Gasteiger partial charge < -0.3 is 24.4 Å². The lowest BCUT2D eigenvalue weighted by atomic mass is 10.1. The average Bonchev–Trinajstić information content (AvgIpc) is 3.64. The quantitative estimate of drug-likeness (QED) is 0.471. The van der Waals surface area contributed by atoms with Crippen molar-refractivity contribution < 1.29 is 14.2 Å². The fourth-order valence-corrected chi connectivity index (χ4v) is 4.16. The van der Waals surface area contributed by atoms with E-state index < -0.39 is 0 Å². The van der Waals surface area contributed by atoms with Crippen LogP contribution in [-0.2, 0) is 6.54 Å². The van der Waals surface area contributed by atoms with Crippen LogP contribution >= 0.6 is 0 Å². The third-order valence-electron chi connectivity index (χ3n) is 6.39. The Morgan fingerprint density at radius 2 is 1.71 bits per heavy atom. The van der Waals surface area contributed by atoms with Crippen LogP contribution in [0.15, 0.2) is 17.1 Å². The van der Waals surface area contributed by atoms with Crippen LogP contribution in [-0.4, -0.2) is 101 Å². The molecule has 1 aliphatic heterocycles. The van der Waals surface area contributed by atoms with E-state index in [1.807, 2.05) is 19.2 Å². The number of aliphatic imine (C=N–C) groups is 1. The minimum atomic E-state index is 0.505. The number of nitrogens with zero attached hydrogens (tertiary/aromatic N) is 4. The number of piperazine rings is 1. The number of hydrogen-bond acceptors (Lipinski definition) is 6. The van der Waals surface area contributed by atoms with Crippen molar-refractivity contribution in [1.82, 2.24) is 20.0 Å². The summed E-state index contributed by atoms with van der Waals surface area (Å²) in [6.07, 6.45) is 2.67. The number of methoxy groups -OCH3 is 3. The molecule has 0 spiro atoms. The second-order valence-electron chi connectivity index (χ2n) is 8.47. The number of guanidine groups is 1. The van der Waals surface area contributed by atoms with Gasteiger partial charge in [-0.25, -0.2) is 0 Å². The Morgan fingerprint density at radius 1 is 1.10 bits per heavy atom. The van der Waals surface area contributed by atoms with Crippen molar-refractivity contribution in [2.45, 2.75) is 38.4 Å². The molecule has 1 aromatic carbocycles. The van der Waals surface area contributed by atoms with Gasteiger partial charge in [-0.3, -0.25) is 14.8 Å².